The van der Waals surface area contributed by atoms with Crippen LogP contribution in [-0.2, 0) is 0 Å². The van der Waals surface area contributed by atoms with Gasteiger partial charge in [0.15, 0.2) is 0 Å². The summed E-state index contributed by atoms with van der Waals surface area (Å²) in [6, 6.07) is 0. The molecule has 0 radical (unpaired) electrons. The van der Waals surface area contributed by atoms with Crippen molar-refractivity contribution in [3.05, 3.63) is 0 Å². The molecule has 48 valence electrons. The topological polar surface area (TPSA) is 52.5 Å². The maximum Gasteiger partial charge on any atom is 0.139 e. The lowest BCUT2D eigenvalue weighted by Crippen LogP contribution is -2.40. The molecule has 0 aromatic rings. The molecule has 2 unspecified atom stereocenters. The first-order chi connectivity index (χ1) is 3.80. The maximum atomic E-state index is 8.85. The van der Waals surface area contributed by atoms with Crippen molar-refractivity contribution in [2.75, 3.05) is 5.75 Å². The molecular weight excluding hydrogens is 126 g/mol. The van der Waals surface area contributed by atoms with Gasteiger partial charge in [-0.05, 0) is 6.42 Å². The van der Waals surface area contributed by atoms with Gasteiger partial charge in [0.05, 0.1) is 6.10 Å². The highest BCUT2D eigenvalue weighted by atomic mass is 32.2. The minimum atomic E-state index is -0.728. The number of nitrogens with one attached hydrogen (secondary N) is 1. The number of aliphatic hydroxyl groups excluding tert-OH is 2. The second-order valence-corrected chi connectivity index (χ2v) is 2.70. The highest BCUT2D eigenvalue weighted by molar-refractivity contribution is 7.97. The summed E-state index contributed by atoms with van der Waals surface area (Å²) < 4.78 is 2.65. The monoisotopic (exact) mass is 135 g/mol. The number of rotatable bonds is 0. The van der Waals surface area contributed by atoms with Crippen molar-refractivity contribution in [2.45, 2.75) is 18.8 Å². The molecule has 1 aliphatic heterocycles. The third kappa shape index (κ3) is 1.35. The molecule has 0 saturated carbocycles. The van der Waals surface area contributed by atoms with Crippen molar-refractivity contribution in [2.24, 2.45) is 0 Å². The van der Waals surface area contributed by atoms with E-state index in [1.165, 1.54) is 11.9 Å². The average molecular weight is 135 g/mol. The van der Waals surface area contributed by atoms with E-state index in [0.717, 1.165) is 5.75 Å². The first-order valence-electron chi connectivity index (χ1n) is 2.54. The van der Waals surface area contributed by atoms with Crippen LogP contribution < -0.4 is 4.72 Å². The van der Waals surface area contributed by atoms with E-state index in [4.69, 9.17) is 10.2 Å². The predicted octanol–water partition coefficient (Wildman–Crippen LogP) is -0.693. The zero-order valence-corrected chi connectivity index (χ0v) is 5.19. The van der Waals surface area contributed by atoms with Crippen molar-refractivity contribution in [3.63, 3.8) is 0 Å². The van der Waals surface area contributed by atoms with Crippen LogP contribution in [0.15, 0.2) is 0 Å². The van der Waals surface area contributed by atoms with E-state index < -0.39 is 12.3 Å². The van der Waals surface area contributed by atoms with Crippen molar-refractivity contribution in [1.82, 2.24) is 4.72 Å². The SMILES string of the molecule is OC1CCSNC1O. The summed E-state index contributed by atoms with van der Waals surface area (Å²) in [6.07, 6.45) is -0.622. The summed E-state index contributed by atoms with van der Waals surface area (Å²) in [5.41, 5.74) is 0. The molecule has 1 rings (SSSR count). The van der Waals surface area contributed by atoms with Crippen LogP contribution in [0.1, 0.15) is 6.42 Å². The van der Waals surface area contributed by atoms with E-state index in [2.05, 4.69) is 4.72 Å². The van der Waals surface area contributed by atoms with Gasteiger partial charge in [-0.2, -0.15) is 0 Å². The summed E-state index contributed by atoms with van der Waals surface area (Å²) in [4.78, 5) is 0. The normalized spacial score (nSPS) is 39.8. The van der Waals surface area contributed by atoms with Gasteiger partial charge in [0, 0.05) is 5.75 Å². The Hall–Kier alpha value is 0.230. The zero-order valence-electron chi connectivity index (χ0n) is 4.37. The van der Waals surface area contributed by atoms with Gasteiger partial charge in [0.2, 0.25) is 0 Å². The van der Waals surface area contributed by atoms with Crippen LogP contribution in [0.4, 0.5) is 0 Å². The number of hydrogen-bond donors (Lipinski definition) is 3. The maximum absolute atomic E-state index is 8.85. The molecule has 0 aliphatic carbocycles. The van der Waals surface area contributed by atoms with Gasteiger partial charge in [0.25, 0.3) is 0 Å². The van der Waals surface area contributed by atoms with E-state index in [0.29, 0.717) is 6.42 Å². The Balaban J connectivity index is 2.28. The lowest BCUT2D eigenvalue weighted by Gasteiger charge is -2.22. The van der Waals surface area contributed by atoms with Crippen molar-refractivity contribution in [1.29, 1.82) is 0 Å². The molecule has 3 N–H and O–H groups in total. The lowest BCUT2D eigenvalue weighted by atomic mass is 10.2. The molecule has 0 spiro atoms. The van der Waals surface area contributed by atoms with Crippen molar-refractivity contribution >= 4 is 11.9 Å². The number of aliphatic hydroxyl groups is 2. The van der Waals surface area contributed by atoms with Crippen LogP contribution in [0.5, 0.6) is 0 Å². The molecule has 0 bridgehead atoms. The summed E-state index contributed by atoms with van der Waals surface area (Å²) in [7, 11) is 0. The van der Waals surface area contributed by atoms with Crippen LogP contribution in [0.2, 0.25) is 0 Å². The molecule has 1 saturated heterocycles. The third-order valence-corrected chi connectivity index (χ3v) is 1.93. The minimum Gasteiger partial charge on any atom is -0.389 e. The van der Waals surface area contributed by atoms with E-state index in [-0.39, 0.29) is 0 Å². The summed E-state index contributed by atoms with van der Waals surface area (Å²) in [5, 5.41) is 17.6. The Morgan fingerprint density at radius 1 is 1.50 bits per heavy atom. The third-order valence-electron chi connectivity index (χ3n) is 1.08. The van der Waals surface area contributed by atoms with Gasteiger partial charge in [0.1, 0.15) is 6.23 Å². The Bertz CT molecular complexity index is 70.4. The highest BCUT2D eigenvalue weighted by Gasteiger charge is 2.19. The first-order valence-corrected chi connectivity index (χ1v) is 3.53. The van der Waals surface area contributed by atoms with E-state index in [1.54, 1.807) is 0 Å². The fourth-order valence-electron chi connectivity index (χ4n) is 0.560. The minimum absolute atomic E-state index is 0.573. The molecule has 1 fully saturated rings. The van der Waals surface area contributed by atoms with E-state index >= 15 is 0 Å². The van der Waals surface area contributed by atoms with Gasteiger partial charge in [-0.25, -0.2) is 4.72 Å². The standard InChI is InChI=1S/C4H9NO2S/c6-3-1-2-8-5-4(3)7/h3-7H,1-2H2. The molecule has 4 heteroatoms. The molecule has 0 aromatic heterocycles. The predicted molar refractivity (Wildman–Crippen MR) is 32.2 cm³/mol. The summed E-state index contributed by atoms with van der Waals surface area (Å²) in [6.45, 7) is 0. The number of hydrogen-bond acceptors (Lipinski definition) is 4. The van der Waals surface area contributed by atoms with Crippen LogP contribution in [-0.4, -0.2) is 28.3 Å². The van der Waals surface area contributed by atoms with E-state index in [1.807, 2.05) is 0 Å². The van der Waals surface area contributed by atoms with Gasteiger partial charge in [-0.3, -0.25) is 0 Å². The van der Waals surface area contributed by atoms with Crippen molar-refractivity contribution < 1.29 is 10.2 Å². The summed E-state index contributed by atoms with van der Waals surface area (Å²) >= 11 is 1.45. The average Bonchev–Trinajstić information content (AvgIpc) is 1.77. The van der Waals surface area contributed by atoms with Gasteiger partial charge in [-0.15, -0.1) is 0 Å². The second kappa shape index (κ2) is 2.68. The zero-order chi connectivity index (χ0) is 5.98. The molecule has 0 aromatic carbocycles. The largest absolute Gasteiger partial charge is 0.389 e. The summed E-state index contributed by atoms with van der Waals surface area (Å²) in [5.74, 6) is 0.873. The first kappa shape index (κ1) is 6.35. The lowest BCUT2D eigenvalue weighted by molar-refractivity contribution is 0.00925. The molecule has 1 aliphatic rings. The highest BCUT2D eigenvalue weighted by Crippen LogP contribution is 2.11. The Kier molecular flexibility index (Phi) is 2.13. The Morgan fingerprint density at radius 3 is 2.62 bits per heavy atom. The van der Waals surface area contributed by atoms with E-state index in [9.17, 15) is 0 Å². The van der Waals surface area contributed by atoms with Gasteiger partial charge >= 0.3 is 0 Å². The Morgan fingerprint density at radius 2 is 2.25 bits per heavy atom. The van der Waals surface area contributed by atoms with Crippen molar-refractivity contribution in [3.8, 4) is 0 Å². The van der Waals surface area contributed by atoms with Crippen LogP contribution in [0, 0.1) is 0 Å². The van der Waals surface area contributed by atoms with Crippen LogP contribution in [0.25, 0.3) is 0 Å². The van der Waals surface area contributed by atoms with Gasteiger partial charge < -0.3 is 10.2 Å². The Labute approximate surface area is 52.2 Å². The van der Waals surface area contributed by atoms with Crippen LogP contribution in [0.3, 0.4) is 0 Å². The molecule has 2 atom stereocenters. The molecule has 0 amide bonds. The van der Waals surface area contributed by atoms with Gasteiger partial charge in [-0.1, -0.05) is 11.9 Å². The molecule has 3 nitrogen and oxygen atoms in total. The molecule has 8 heavy (non-hydrogen) atoms. The fraction of sp³-hybridized carbons (Fsp3) is 1.00. The molecular formula is C4H9NO2S. The molecule has 1 heterocycles. The smallest absolute Gasteiger partial charge is 0.139 e. The fourth-order valence-corrected chi connectivity index (χ4v) is 1.37. The quantitative estimate of drug-likeness (QED) is 0.385. The second-order valence-electron chi connectivity index (χ2n) is 1.77. The van der Waals surface area contributed by atoms with Crippen LogP contribution >= 0.6 is 11.9 Å².